The maximum absolute atomic E-state index is 12.4. The Labute approximate surface area is 182 Å². The Kier molecular flexibility index (Phi) is 5.95. The lowest BCUT2D eigenvalue weighted by Gasteiger charge is -2.18. The van der Waals surface area contributed by atoms with Gasteiger partial charge in [0.15, 0.2) is 17.3 Å². The van der Waals surface area contributed by atoms with Gasteiger partial charge in [0, 0.05) is 34.0 Å². The molecular weight excluding hydrogens is 424 g/mol. The van der Waals surface area contributed by atoms with E-state index in [1.54, 1.807) is 37.3 Å². The van der Waals surface area contributed by atoms with E-state index in [1.165, 1.54) is 6.07 Å². The van der Waals surface area contributed by atoms with E-state index in [2.05, 4.69) is 0 Å². The van der Waals surface area contributed by atoms with Crippen molar-refractivity contribution >= 4 is 34.3 Å². The zero-order valence-corrected chi connectivity index (χ0v) is 17.5. The van der Waals surface area contributed by atoms with E-state index in [0.717, 1.165) is 5.56 Å². The number of carbonyl (C=O) groups excluding carboxylic acids is 2. The van der Waals surface area contributed by atoms with Gasteiger partial charge in [-0.05, 0) is 42.8 Å². The molecule has 31 heavy (non-hydrogen) atoms. The fraction of sp³-hybridized carbons (Fsp3) is 0.261. The van der Waals surface area contributed by atoms with Crippen LogP contribution < -0.4 is 15.1 Å². The lowest BCUT2D eigenvalue weighted by molar-refractivity contribution is -0.144. The van der Waals surface area contributed by atoms with Crippen LogP contribution in [0.1, 0.15) is 34.3 Å². The van der Waals surface area contributed by atoms with Gasteiger partial charge in [-0.2, -0.15) is 0 Å². The molecule has 0 aliphatic carbocycles. The monoisotopic (exact) mass is 442 g/mol. The molecule has 2 heterocycles. The minimum atomic E-state index is -0.550. The molecule has 0 N–H and O–H groups in total. The Bertz CT molecular complexity index is 1230. The second kappa shape index (κ2) is 8.81. The average molecular weight is 443 g/mol. The Hall–Kier alpha value is -3.32. The molecule has 0 unspecified atom stereocenters. The Balaban J connectivity index is 1.38. The van der Waals surface area contributed by atoms with Gasteiger partial charge in [0.05, 0.1) is 6.42 Å². The number of Topliss-reactive ketones (excluding diaryl/α,β-unsaturated/α-hetero) is 1. The fourth-order valence-electron chi connectivity index (χ4n) is 3.27. The van der Waals surface area contributed by atoms with Crippen molar-refractivity contribution in [2.75, 3.05) is 13.2 Å². The van der Waals surface area contributed by atoms with E-state index in [-0.39, 0.29) is 25.2 Å². The van der Waals surface area contributed by atoms with Crippen LogP contribution in [0.4, 0.5) is 0 Å². The fourth-order valence-corrected chi connectivity index (χ4v) is 3.44. The van der Waals surface area contributed by atoms with Crippen LogP contribution in [0.25, 0.3) is 11.0 Å². The molecule has 3 aromatic rings. The number of benzene rings is 2. The third-order valence-electron chi connectivity index (χ3n) is 4.92. The summed E-state index contributed by atoms with van der Waals surface area (Å²) in [6, 6.07) is 9.53. The summed E-state index contributed by atoms with van der Waals surface area (Å²) in [5, 5.41) is 1.11. The van der Waals surface area contributed by atoms with Crippen molar-refractivity contribution in [2.24, 2.45) is 0 Å². The molecule has 0 saturated carbocycles. The van der Waals surface area contributed by atoms with Gasteiger partial charge in [0.2, 0.25) is 0 Å². The van der Waals surface area contributed by atoms with Crippen LogP contribution in [0.2, 0.25) is 5.02 Å². The van der Waals surface area contributed by atoms with Crippen molar-refractivity contribution in [3.05, 3.63) is 68.5 Å². The molecule has 0 spiro atoms. The highest BCUT2D eigenvalue weighted by atomic mass is 35.5. The first-order valence-corrected chi connectivity index (χ1v) is 10.1. The summed E-state index contributed by atoms with van der Waals surface area (Å²) >= 11 is 6.17. The standard InChI is InChI=1S/C23H19ClO7/c1-13-8-20-16(11-17(13)24)15(10-23(27)31-20)12-30-22(26)5-3-18(25)14-2-4-19-21(9-14)29-7-6-28-19/h2,4,8-11H,3,5-7,12H2,1H3. The van der Waals surface area contributed by atoms with Gasteiger partial charge in [0.1, 0.15) is 25.4 Å². The van der Waals surface area contributed by atoms with Crippen molar-refractivity contribution in [3.63, 3.8) is 0 Å². The highest BCUT2D eigenvalue weighted by Crippen LogP contribution is 2.31. The predicted octanol–water partition coefficient (Wildman–Crippen LogP) is 4.23. The summed E-state index contributed by atoms with van der Waals surface area (Å²) in [4.78, 5) is 36.4. The summed E-state index contributed by atoms with van der Waals surface area (Å²) in [5.74, 6) is 0.355. The smallest absolute Gasteiger partial charge is 0.336 e. The molecule has 1 aromatic heterocycles. The van der Waals surface area contributed by atoms with E-state index in [4.69, 9.17) is 30.2 Å². The number of ether oxygens (including phenoxy) is 3. The topological polar surface area (TPSA) is 92.0 Å². The van der Waals surface area contributed by atoms with E-state index >= 15 is 0 Å². The Morgan fingerprint density at radius 1 is 1.03 bits per heavy atom. The normalized spacial score (nSPS) is 12.6. The molecule has 160 valence electrons. The average Bonchev–Trinajstić information content (AvgIpc) is 2.76. The summed E-state index contributed by atoms with van der Waals surface area (Å²) in [6.45, 7) is 2.57. The second-order valence-electron chi connectivity index (χ2n) is 7.13. The van der Waals surface area contributed by atoms with Crippen LogP contribution in [0.15, 0.2) is 45.6 Å². The summed E-state index contributed by atoms with van der Waals surface area (Å²) in [7, 11) is 0. The first-order valence-electron chi connectivity index (χ1n) is 9.72. The molecule has 8 heteroatoms. The van der Waals surface area contributed by atoms with Crippen molar-refractivity contribution in [2.45, 2.75) is 26.4 Å². The van der Waals surface area contributed by atoms with Gasteiger partial charge in [-0.3, -0.25) is 9.59 Å². The molecule has 2 aromatic carbocycles. The molecule has 0 fully saturated rings. The predicted molar refractivity (Wildman–Crippen MR) is 113 cm³/mol. The Morgan fingerprint density at radius 2 is 1.81 bits per heavy atom. The molecule has 0 amide bonds. The van der Waals surface area contributed by atoms with Gasteiger partial charge in [-0.25, -0.2) is 4.79 Å². The molecule has 1 aliphatic rings. The van der Waals surface area contributed by atoms with Crippen LogP contribution in [0.5, 0.6) is 11.5 Å². The van der Waals surface area contributed by atoms with E-state index in [1.807, 2.05) is 0 Å². The number of hydrogen-bond donors (Lipinski definition) is 0. The third-order valence-corrected chi connectivity index (χ3v) is 5.33. The summed E-state index contributed by atoms with van der Waals surface area (Å²) < 4.78 is 21.4. The number of esters is 1. The maximum atomic E-state index is 12.4. The maximum Gasteiger partial charge on any atom is 0.336 e. The van der Waals surface area contributed by atoms with Gasteiger partial charge in [-0.15, -0.1) is 0 Å². The molecule has 7 nitrogen and oxygen atoms in total. The number of carbonyl (C=O) groups is 2. The minimum Gasteiger partial charge on any atom is -0.486 e. The number of aryl methyl sites for hydroxylation is 1. The number of rotatable bonds is 6. The van der Waals surface area contributed by atoms with Crippen molar-refractivity contribution < 1.29 is 28.2 Å². The van der Waals surface area contributed by atoms with Crippen molar-refractivity contribution in [1.29, 1.82) is 0 Å². The van der Waals surface area contributed by atoms with E-state index < -0.39 is 11.6 Å². The van der Waals surface area contributed by atoms with Gasteiger partial charge in [-0.1, -0.05) is 11.6 Å². The van der Waals surface area contributed by atoms with Crippen LogP contribution in [0.3, 0.4) is 0 Å². The van der Waals surface area contributed by atoms with Crippen LogP contribution in [0, 0.1) is 6.92 Å². The molecule has 0 bridgehead atoms. The van der Waals surface area contributed by atoms with Gasteiger partial charge >= 0.3 is 11.6 Å². The minimum absolute atomic E-state index is 0.0127. The zero-order valence-electron chi connectivity index (χ0n) is 16.7. The third kappa shape index (κ3) is 4.72. The number of hydrogen-bond acceptors (Lipinski definition) is 7. The lowest BCUT2D eigenvalue weighted by atomic mass is 10.1. The number of halogens is 1. The largest absolute Gasteiger partial charge is 0.486 e. The molecular formula is C23H19ClO7. The van der Waals surface area contributed by atoms with E-state index in [0.29, 0.717) is 51.8 Å². The van der Waals surface area contributed by atoms with Crippen molar-refractivity contribution in [1.82, 2.24) is 0 Å². The molecule has 1 aliphatic heterocycles. The molecule has 0 radical (unpaired) electrons. The zero-order chi connectivity index (χ0) is 22.0. The number of ketones is 1. The van der Waals surface area contributed by atoms with Gasteiger partial charge in [0.25, 0.3) is 0 Å². The highest BCUT2D eigenvalue weighted by molar-refractivity contribution is 6.32. The molecule has 0 atom stereocenters. The summed E-state index contributed by atoms with van der Waals surface area (Å²) in [6.07, 6.45) is -0.103. The van der Waals surface area contributed by atoms with Crippen LogP contribution in [-0.2, 0) is 16.1 Å². The quantitative estimate of drug-likeness (QED) is 0.320. The number of fused-ring (bicyclic) bond motifs is 2. The van der Waals surface area contributed by atoms with Crippen molar-refractivity contribution in [3.8, 4) is 11.5 Å². The van der Waals surface area contributed by atoms with Crippen LogP contribution in [-0.4, -0.2) is 25.0 Å². The van der Waals surface area contributed by atoms with E-state index in [9.17, 15) is 14.4 Å². The summed E-state index contributed by atoms with van der Waals surface area (Å²) in [5.41, 5.74) is 1.51. The molecule has 4 rings (SSSR count). The SMILES string of the molecule is Cc1cc2oc(=O)cc(COC(=O)CCC(=O)c3ccc4c(c3)OCCO4)c2cc1Cl. The van der Waals surface area contributed by atoms with Crippen LogP contribution >= 0.6 is 11.6 Å². The molecule has 0 saturated heterocycles. The van der Waals surface area contributed by atoms with Gasteiger partial charge < -0.3 is 18.6 Å². The first kappa shape index (κ1) is 20.9. The highest BCUT2D eigenvalue weighted by Gasteiger charge is 2.17. The first-order chi connectivity index (χ1) is 14.9. The lowest BCUT2D eigenvalue weighted by Crippen LogP contribution is -2.16. The Morgan fingerprint density at radius 3 is 2.61 bits per heavy atom. The second-order valence-corrected chi connectivity index (χ2v) is 7.54.